The summed E-state index contributed by atoms with van der Waals surface area (Å²) >= 11 is 0. The van der Waals surface area contributed by atoms with E-state index < -0.39 is 32.8 Å². The first-order chi connectivity index (χ1) is 18.9. The molecule has 210 valence electrons. The van der Waals surface area contributed by atoms with Crippen molar-refractivity contribution in [1.29, 1.82) is 0 Å². The van der Waals surface area contributed by atoms with Crippen molar-refractivity contribution in [1.82, 2.24) is 34.9 Å². The monoisotopic (exact) mass is 567 g/mol. The van der Waals surface area contributed by atoms with Crippen LogP contribution in [0.25, 0.3) is 17.2 Å². The van der Waals surface area contributed by atoms with Crippen LogP contribution in [-0.4, -0.2) is 55.4 Å². The maximum atomic E-state index is 14.6. The van der Waals surface area contributed by atoms with Gasteiger partial charge in [-0.3, -0.25) is 0 Å². The van der Waals surface area contributed by atoms with Crippen LogP contribution in [0.2, 0.25) is 0 Å². The molecule has 0 aliphatic heterocycles. The van der Waals surface area contributed by atoms with Gasteiger partial charge in [0.1, 0.15) is 27.8 Å². The van der Waals surface area contributed by atoms with E-state index in [-0.39, 0.29) is 28.8 Å². The van der Waals surface area contributed by atoms with E-state index in [2.05, 4.69) is 46.0 Å². The minimum absolute atomic E-state index is 0.0490. The molecule has 40 heavy (non-hydrogen) atoms. The fourth-order valence-corrected chi connectivity index (χ4v) is 6.71. The summed E-state index contributed by atoms with van der Waals surface area (Å²) in [5.74, 6) is -1.01. The zero-order valence-corrected chi connectivity index (χ0v) is 23.8. The van der Waals surface area contributed by atoms with Gasteiger partial charge < -0.3 is 0 Å². The Labute approximate surface area is 232 Å². The first-order valence-corrected chi connectivity index (χ1v) is 15.2. The van der Waals surface area contributed by atoms with E-state index >= 15 is 0 Å². The van der Waals surface area contributed by atoms with Gasteiger partial charge in [-0.25, -0.2) is 32.2 Å². The zero-order chi connectivity index (χ0) is 28.8. The lowest BCUT2D eigenvalue weighted by Gasteiger charge is -2.42. The minimum Gasteiger partial charge on any atom is -0.229 e. The molecule has 0 N–H and O–H groups in total. The van der Waals surface area contributed by atoms with Crippen molar-refractivity contribution >= 4 is 9.84 Å². The molecule has 0 fully saturated rings. The number of benzene rings is 1. The molecule has 3 atom stereocenters. The highest BCUT2D eigenvalue weighted by atomic mass is 32.2. The molecule has 0 saturated carbocycles. The summed E-state index contributed by atoms with van der Waals surface area (Å²) in [6.45, 7) is 8.01. The molecule has 12 heteroatoms. The molecular weight excluding hydrogens is 536 g/mol. The minimum atomic E-state index is -3.20. The van der Waals surface area contributed by atoms with Crippen molar-refractivity contribution in [3.8, 4) is 17.2 Å². The fraction of sp³-hybridized carbons (Fsp3) is 0.429. The number of aromatic nitrogens is 7. The molecule has 1 aliphatic carbocycles. The SMILES string of the molecule is CC(C)[C@]1(c2ccnc(-n3cnc([C@@H](C)CS(C)(=O)=O)n3)n2)CC[C@H](C)c2cc(-c3c(F)cccc3F)nnc21. The second-order valence-electron chi connectivity index (χ2n) is 11.0. The molecule has 1 aromatic carbocycles. The number of hydrogen-bond donors (Lipinski definition) is 0. The Morgan fingerprint density at radius 1 is 1.10 bits per heavy atom. The smallest absolute Gasteiger partial charge is 0.229 e. The first-order valence-electron chi connectivity index (χ1n) is 13.2. The predicted octanol–water partition coefficient (Wildman–Crippen LogP) is 4.78. The van der Waals surface area contributed by atoms with Crippen molar-refractivity contribution in [2.75, 3.05) is 12.0 Å². The largest absolute Gasteiger partial charge is 0.252 e. The predicted molar refractivity (Wildman–Crippen MR) is 146 cm³/mol. The molecule has 0 unspecified atom stereocenters. The van der Waals surface area contributed by atoms with Crippen LogP contribution in [-0.2, 0) is 15.3 Å². The Kier molecular flexibility index (Phi) is 7.24. The lowest BCUT2D eigenvalue weighted by atomic mass is 9.62. The molecule has 0 amide bonds. The topological polar surface area (TPSA) is 116 Å². The van der Waals surface area contributed by atoms with Crippen LogP contribution in [0.15, 0.2) is 42.9 Å². The van der Waals surface area contributed by atoms with Gasteiger partial charge in [-0.2, -0.15) is 9.78 Å². The zero-order valence-electron chi connectivity index (χ0n) is 23.0. The first kappa shape index (κ1) is 27.9. The van der Waals surface area contributed by atoms with Gasteiger partial charge in [-0.05, 0) is 54.5 Å². The summed E-state index contributed by atoms with van der Waals surface area (Å²) in [6, 6.07) is 7.34. The summed E-state index contributed by atoms with van der Waals surface area (Å²) < 4.78 is 54.1. The Morgan fingerprint density at radius 3 is 2.50 bits per heavy atom. The second-order valence-corrected chi connectivity index (χ2v) is 13.2. The third-order valence-electron chi connectivity index (χ3n) is 7.76. The number of nitrogens with zero attached hydrogens (tertiary/aromatic N) is 7. The molecule has 9 nitrogen and oxygen atoms in total. The van der Waals surface area contributed by atoms with E-state index in [0.29, 0.717) is 11.8 Å². The van der Waals surface area contributed by atoms with E-state index in [9.17, 15) is 17.2 Å². The number of sulfone groups is 1. The van der Waals surface area contributed by atoms with Crippen LogP contribution in [0.4, 0.5) is 8.78 Å². The van der Waals surface area contributed by atoms with Gasteiger partial charge >= 0.3 is 0 Å². The number of hydrogen-bond acceptors (Lipinski definition) is 8. The van der Waals surface area contributed by atoms with Crippen LogP contribution in [0, 0.1) is 17.6 Å². The van der Waals surface area contributed by atoms with Gasteiger partial charge in [0.15, 0.2) is 5.82 Å². The third-order valence-corrected chi connectivity index (χ3v) is 8.87. The van der Waals surface area contributed by atoms with Crippen LogP contribution >= 0.6 is 0 Å². The van der Waals surface area contributed by atoms with Crippen molar-refractivity contribution in [2.45, 2.75) is 57.8 Å². The average molecular weight is 568 g/mol. The Morgan fingerprint density at radius 2 is 1.82 bits per heavy atom. The van der Waals surface area contributed by atoms with Gasteiger partial charge in [0.2, 0.25) is 0 Å². The molecule has 1 aliphatic rings. The average Bonchev–Trinajstić information content (AvgIpc) is 3.39. The molecule has 3 aromatic heterocycles. The van der Waals surface area contributed by atoms with Crippen LogP contribution < -0.4 is 0 Å². The van der Waals surface area contributed by atoms with Crippen molar-refractivity contribution in [3.05, 3.63) is 77.3 Å². The second kappa shape index (κ2) is 10.4. The van der Waals surface area contributed by atoms with E-state index in [4.69, 9.17) is 4.98 Å². The number of rotatable bonds is 7. The summed E-state index contributed by atoms with van der Waals surface area (Å²) in [6.07, 6.45) is 5.86. The number of fused-ring (bicyclic) bond motifs is 1. The van der Waals surface area contributed by atoms with E-state index in [1.165, 1.54) is 35.5 Å². The maximum absolute atomic E-state index is 14.6. The Balaban J connectivity index is 1.59. The van der Waals surface area contributed by atoms with E-state index in [1.807, 2.05) is 6.07 Å². The maximum Gasteiger partial charge on any atom is 0.252 e. The normalized spacial score (nSPS) is 19.9. The molecule has 0 spiro atoms. The highest BCUT2D eigenvalue weighted by molar-refractivity contribution is 7.90. The molecule has 4 aromatic rings. The van der Waals surface area contributed by atoms with E-state index in [0.717, 1.165) is 29.8 Å². The highest BCUT2D eigenvalue weighted by Gasteiger charge is 2.46. The standard InChI is InChI=1S/C28H31F2N7O2S/c1-16(2)28(23-10-12-31-27(33-23)37-15-32-26(36-37)18(4)14-40(5,38)39)11-9-17(3)19-13-22(34-35-25(19)28)24-20(29)7-6-8-21(24)30/h6-8,10,12-13,15-18H,9,11,14H2,1-5H3/t17-,18-,28-/m0/s1. The van der Waals surface area contributed by atoms with E-state index in [1.54, 1.807) is 19.2 Å². The fourth-order valence-electron chi connectivity index (χ4n) is 5.65. The lowest BCUT2D eigenvalue weighted by Crippen LogP contribution is -2.40. The van der Waals surface area contributed by atoms with Crippen LogP contribution in [0.3, 0.4) is 0 Å². The Hall–Kier alpha value is -3.67. The van der Waals surface area contributed by atoms with Crippen LogP contribution in [0.5, 0.6) is 0 Å². The summed E-state index contributed by atoms with van der Waals surface area (Å²) in [7, 11) is -3.20. The van der Waals surface area contributed by atoms with Gasteiger partial charge in [0.05, 0.1) is 33.8 Å². The number of halogens is 2. The summed E-state index contributed by atoms with van der Waals surface area (Å²) in [5.41, 5.74) is 1.66. The molecule has 0 bridgehead atoms. The Bertz CT molecular complexity index is 1650. The lowest BCUT2D eigenvalue weighted by molar-refractivity contribution is 0.286. The quantitative estimate of drug-likeness (QED) is 0.313. The van der Waals surface area contributed by atoms with Gasteiger partial charge in [-0.15, -0.1) is 10.2 Å². The molecule has 0 saturated heterocycles. The van der Waals surface area contributed by atoms with Gasteiger partial charge in [0.25, 0.3) is 5.95 Å². The van der Waals surface area contributed by atoms with Crippen molar-refractivity contribution in [3.63, 3.8) is 0 Å². The van der Waals surface area contributed by atoms with Gasteiger partial charge in [-0.1, -0.05) is 33.8 Å². The summed E-state index contributed by atoms with van der Waals surface area (Å²) in [4.78, 5) is 13.6. The summed E-state index contributed by atoms with van der Waals surface area (Å²) in [5, 5.41) is 13.4. The molecule has 0 radical (unpaired) electrons. The van der Waals surface area contributed by atoms with Crippen LogP contribution in [0.1, 0.15) is 75.1 Å². The van der Waals surface area contributed by atoms with Crippen molar-refractivity contribution < 1.29 is 17.2 Å². The van der Waals surface area contributed by atoms with Gasteiger partial charge in [0, 0.05) is 18.4 Å². The highest BCUT2D eigenvalue weighted by Crippen LogP contribution is 2.50. The van der Waals surface area contributed by atoms with Crippen molar-refractivity contribution in [2.24, 2.45) is 5.92 Å². The molecular formula is C28H31F2N7O2S. The third kappa shape index (κ3) is 5.00. The molecule has 5 rings (SSSR count). The molecule has 3 heterocycles.